The molecular formula is C32H39N3O5. The van der Waals surface area contributed by atoms with Crippen LogP contribution in [0.5, 0.6) is 0 Å². The molecule has 0 saturated carbocycles. The van der Waals surface area contributed by atoms with Crippen LogP contribution in [0.2, 0.25) is 0 Å². The molecule has 0 radical (unpaired) electrons. The van der Waals surface area contributed by atoms with E-state index in [0.717, 1.165) is 72.6 Å². The largest absolute Gasteiger partial charge is 0.392 e. The van der Waals surface area contributed by atoms with E-state index in [4.69, 9.17) is 14.2 Å². The zero-order valence-electron chi connectivity index (χ0n) is 23.1. The van der Waals surface area contributed by atoms with Crippen molar-refractivity contribution in [3.05, 3.63) is 95.1 Å². The van der Waals surface area contributed by atoms with Gasteiger partial charge in [0.25, 0.3) is 0 Å². The highest BCUT2D eigenvalue weighted by Gasteiger charge is 2.33. The normalized spacial score (nSPS) is 21.6. The molecule has 3 atom stereocenters. The SMILES string of the molecule is CCNC(=O)NCc1cccc(-c2cccc([C@H]3O[C@@H](CN4CCOCC4)C[C@@H](c4ccc(CO)cc4)O3)c2)c1. The average molecular weight is 546 g/mol. The fourth-order valence-electron chi connectivity index (χ4n) is 5.24. The summed E-state index contributed by atoms with van der Waals surface area (Å²) in [6.45, 7) is 7.09. The Bertz CT molecular complexity index is 1250. The summed E-state index contributed by atoms with van der Waals surface area (Å²) in [5, 5.41) is 15.1. The lowest BCUT2D eigenvalue weighted by molar-refractivity contribution is -0.253. The molecule has 2 saturated heterocycles. The van der Waals surface area contributed by atoms with Gasteiger partial charge in [-0.25, -0.2) is 4.79 Å². The second kappa shape index (κ2) is 13.9. The minimum atomic E-state index is -0.509. The fraction of sp³-hybridized carbons (Fsp3) is 0.406. The molecule has 0 spiro atoms. The predicted molar refractivity (Wildman–Crippen MR) is 153 cm³/mol. The third kappa shape index (κ3) is 7.47. The van der Waals surface area contributed by atoms with Crippen LogP contribution in [0.1, 0.15) is 48.0 Å². The van der Waals surface area contributed by atoms with Crippen molar-refractivity contribution in [3.8, 4) is 11.1 Å². The number of urea groups is 1. The van der Waals surface area contributed by atoms with Gasteiger partial charge in [-0.15, -0.1) is 0 Å². The number of rotatable bonds is 9. The molecule has 2 heterocycles. The highest BCUT2D eigenvalue weighted by atomic mass is 16.7. The number of nitrogens with one attached hydrogen (secondary N) is 2. The van der Waals surface area contributed by atoms with Gasteiger partial charge in [0.05, 0.1) is 32.0 Å². The van der Waals surface area contributed by atoms with Crippen molar-refractivity contribution in [2.45, 2.75) is 45.0 Å². The summed E-state index contributed by atoms with van der Waals surface area (Å²) in [7, 11) is 0. The summed E-state index contributed by atoms with van der Waals surface area (Å²) in [6.07, 6.45) is 0.133. The van der Waals surface area contributed by atoms with Gasteiger partial charge in [-0.1, -0.05) is 60.7 Å². The molecule has 3 aromatic carbocycles. The molecule has 0 aliphatic carbocycles. The number of aliphatic hydroxyl groups excluding tert-OH is 1. The topological polar surface area (TPSA) is 92.3 Å². The molecule has 5 rings (SSSR count). The standard InChI is InChI=1S/C32H39N3O5/c1-2-33-32(37)34-20-24-5-3-6-26(17-24)27-7-4-8-28(18-27)31-39-29(21-35-13-15-38-16-14-35)19-30(40-31)25-11-9-23(22-36)10-12-25/h3-12,17-18,29-31,36H,2,13-16,19-22H2,1H3,(H2,33,34,37)/t29-,30+,31+/m1/s1. The van der Waals surface area contributed by atoms with Crippen LogP contribution in [-0.4, -0.2) is 61.5 Å². The van der Waals surface area contributed by atoms with Gasteiger partial charge in [0, 0.05) is 44.7 Å². The van der Waals surface area contributed by atoms with Crippen LogP contribution in [0.25, 0.3) is 11.1 Å². The number of ether oxygens (including phenoxy) is 3. The first-order valence-corrected chi connectivity index (χ1v) is 14.1. The van der Waals surface area contributed by atoms with Crippen molar-refractivity contribution in [2.75, 3.05) is 39.4 Å². The maximum absolute atomic E-state index is 11.8. The summed E-state index contributed by atoms with van der Waals surface area (Å²) >= 11 is 0. The summed E-state index contributed by atoms with van der Waals surface area (Å²) < 4.78 is 18.7. The van der Waals surface area contributed by atoms with Crippen molar-refractivity contribution in [1.29, 1.82) is 0 Å². The van der Waals surface area contributed by atoms with Gasteiger partial charge in [-0.3, -0.25) is 4.90 Å². The Morgan fingerprint density at radius 2 is 1.65 bits per heavy atom. The van der Waals surface area contributed by atoms with E-state index in [1.165, 1.54) is 0 Å². The van der Waals surface area contributed by atoms with Gasteiger partial charge in [0.15, 0.2) is 6.29 Å². The number of carbonyl (C=O) groups is 1. The lowest BCUT2D eigenvalue weighted by Crippen LogP contribution is -2.44. The van der Waals surface area contributed by atoms with Crippen molar-refractivity contribution in [2.24, 2.45) is 0 Å². The van der Waals surface area contributed by atoms with Crippen LogP contribution >= 0.6 is 0 Å². The molecule has 2 aliphatic heterocycles. The zero-order chi connectivity index (χ0) is 27.7. The molecule has 40 heavy (non-hydrogen) atoms. The molecule has 0 bridgehead atoms. The number of morpholine rings is 1. The van der Waals surface area contributed by atoms with Gasteiger partial charge < -0.3 is 30.0 Å². The second-order valence-corrected chi connectivity index (χ2v) is 10.3. The van der Waals surface area contributed by atoms with E-state index in [0.29, 0.717) is 13.1 Å². The van der Waals surface area contributed by atoms with Crippen molar-refractivity contribution >= 4 is 6.03 Å². The Morgan fingerprint density at radius 1 is 0.900 bits per heavy atom. The number of carbonyl (C=O) groups excluding carboxylic acids is 1. The molecule has 2 fully saturated rings. The first kappa shape index (κ1) is 28.3. The first-order valence-electron chi connectivity index (χ1n) is 14.1. The monoisotopic (exact) mass is 545 g/mol. The van der Waals surface area contributed by atoms with E-state index in [9.17, 15) is 9.90 Å². The Hall–Kier alpha value is -3.27. The molecule has 8 nitrogen and oxygen atoms in total. The molecule has 0 unspecified atom stereocenters. The third-order valence-corrected chi connectivity index (χ3v) is 7.39. The zero-order valence-corrected chi connectivity index (χ0v) is 23.1. The summed E-state index contributed by atoms with van der Waals surface area (Å²) in [5.74, 6) is 0. The quantitative estimate of drug-likeness (QED) is 0.366. The van der Waals surface area contributed by atoms with Gasteiger partial charge in [-0.2, -0.15) is 0 Å². The molecule has 3 N–H and O–H groups in total. The Morgan fingerprint density at radius 3 is 2.40 bits per heavy atom. The van der Waals surface area contributed by atoms with E-state index < -0.39 is 6.29 Å². The number of hydrogen-bond donors (Lipinski definition) is 3. The van der Waals surface area contributed by atoms with Crippen molar-refractivity contribution < 1.29 is 24.1 Å². The van der Waals surface area contributed by atoms with E-state index in [-0.39, 0.29) is 24.8 Å². The minimum absolute atomic E-state index is 0.00620. The molecule has 212 valence electrons. The third-order valence-electron chi connectivity index (χ3n) is 7.39. The molecule has 2 aliphatic rings. The van der Waals surface area contributed by atoms with Crippen LogP contribution in [0.15, 0.2) is 72.8 Å². The Kier molecular flexibility index (Phi) is 9.81. The molecular weight excluding hydrogens is 506 g/mol. The predicted octanol–water partition coefficient (Wildman–Crippen LogP) is 4.54. The summed E-state index contributed by atoms with van der Waals surface area (Å²) in [6, 6.07) is 24.3. The highest BCUT2D eigenvalue weighted by Crippen LogP contribution is 2.39. The van der Waals surface area contributed by atoms with Crippen LogP contribution in [0.3, 0.4) is 0 Å². The maximum Gasteiger partial charge on any atom is 0.315 e. The van der Waals surface area contributed by atoms with E-state index >= 15 is 0 Å². The van der Waals surface area contributed by atoms with Gasteiger partial charge in [-0.05, 0) is 46.9 Å². The van der Waals surface area contributed by atoms with Gasteiger partial charge >= 0.3 is 6.03 Å². The number of benzene rings is 3. The lowest BCUT2D eigenvalue weighted by Gasteiger charge is -2.39. The second-order valence-electron chi connectivity index (χ2n) is 10.3. The van der Waals surface area contributed by atoms with Crippen LogP contribution in [0, 0.1) is 0 Å². The van der Waals surface area contributed by atoms with Crippen LogP contribution in [-0.2, 0) is 27.4 Å². The number of amides is 2. The maximum atomic E-state index is 11.8. The lowest BCUT2D eigenvalue weighted by atomic mass is 9.98. The van der Waals surface area contributed by atoms with Crippen molar-refractivity contribution in [3.63, 3.8) is 0 Å². The van der Waals surface area contributed by atoms with Crippen LogP contribution in [0.4, 0.5) is 4.79 Å². The van der Waals surface area contributed by atoms with E-state index in [1.54, 1.807) is 0 Å². The average Bonchev–Trinajstić information content (AvgIpc) is 3.01. The number of hydrogen-bond acceptors (Lipinski definition) is 6. The number of nitrogens with zero attached hydrogens (tertiary/aromatic N) is 1. The van der Waals surface area contributed by atoms with Crippen LogP contribution < -0.4 is 10.6 Å². The summed E-state index contributed by atoms with van der Waals surface area (Å²) in [5.41, 5.74) is 6.08. The first-order chi connectivity index (χ1) is 19.6. The number of aliphatic hydroxyl groups is 1. The Labute approximate surface area is 236 Å². The smallest absolute Gasteiger partial charge is 0.315 e. The van der Waals surface area contributed by atoms with E-state index in [1.807, 2.05) is 49.4 Å². The van der Waals surface area contributed by atoms with Gasteiger partial charge in [0.2, 0.25) is 0 Å². The Balaban J connectivity index is 1.35. The van der Waals surface area contributed by atoms with Gasteiger partial charge in [0.1, 0.15) is 0 Å². The minimum Gasteiger partial charge on any atom is -0.392 e. The van der Waals surface area contributed by atoms with E-state index in [2.05, 4.69) is 45.9 Å². The molecule has 2 amide bonds. The fourth-order valence-corrected chi connectivity index (χ4v) is 5.24. The summed E-state index contributed by atoms with van der Waals surface area (Å²) in [4.78, 5) is 14.2. The van der Waals surface area contributed by atoms with Crippen molar-refractivity contribution in [1.82, 2.24) is 15.5 Å². The highest BCUT2D eigenvalue weighted by molar-refractivity contribution is 5.74. The molecule has 0 aromatic heterocycles. The molecule has 8 heteroatoms. The molecule has 3 aromatic rings.